The van der Waals surface area contributed by atoms with E-state index in [9.17, 15) is 4.79 Å². The smallest absolute Gasteiger partial charge is 0.239 e. The van der Waals surface area contributed by atoms with Crippen molar-refractivity contribution in [2.45, 2.75) is 31.9 Å². The number of hydrogen-bond donors (Lipinski definition) is 1. The van der Waals surface area contributed by atoms with Crippen molar-refractivity contribution in [1.29, 1.82) is 0 Å². The molecule has 0 aromatic carbocycles. The molecule has 0 aromatic heterocycles. The van der Waals surface area contributed by atoms with Crippen LogP contribution in [0.5, 0.6) is 0 Å². The van der Waals surface area contributed by atoms with Gasteiger partial charge in [-0.2, -0.15) is 0 Å². The fourth-order valence-electron chi connectivity index (χ4n) is 1.88. The first kappa shape index (κ1) is 16.6. The van der Waals surface area contributed by atoms with Crippen molar-refractivity contribution in [3.63, 3.8) is 0 Å². The summed E-state index contributed by atoms with van der Waals surface area (Å²) in [4.78, 5) is 13.7. The van der Waals surface area contributed by atoms with Crippen molar-refractivity contribution in [3.05, 3.63) is 0 Å². The summed E-state index contributed by atoms with van der Waals surface area (Å²) in [5.74, 6) is 0.0336. The second kappa shape index (κ2) is 8.69. The molecule has 1 heterocycles. The first-order valence-electron chi connectivity index (χ1n) is 5.84. The van der Waals surface area contributed by atoms with Crippen molar-refractivity contribution >= 4 is 18.3 Å². The largest absolute Gasteiger partial charge is 0.382 e. The van der Waals surface area contributed by atoms with Gasteiger partial charge in [-0.05, 0) is 6.42 Å². The van der Waals surface area contributed by atoms with Crippen LogP contribution in [0, 0.1) is 0 Å². The zero-order valence-corrected chi connectivity index (χ0v) is 11.4. The molecule has 2 unspecified atom stereocenters. The zero-order valence-electron chi connectivity index (χ0n) is 10.6. The molecule has 1 rings (SSSR count). The van der Waals surface area contributed by atoms with Crippen molar-refractivity contribution in [2.24, 2.45) is 5.73 Å². The number of carbonyl (C=O) groups excluding carboxylic acids is 1. The molecular weight excluding hydrogens is 244 g/mol. The summed E-state index contributed by atoms with van der Waals surface area (Å²) in [5.41, 5.74) is 5.81. The van der Waals surface area contributed by atoms with E-state index in [-0.39, 0.29) is 30.5 Å². The van der Waals surface area contributed by atoms with Gasteiger partial charge >= 0.3 is 0 Å². The molecule has 0 spiro atoms. The molecule has 0 aromatic rings. The summed E-state index contributed by atoms with van der Waals surface area (Å²) in [5, 5.41) is 0. The van der Waals surface area contributed by atoms with Gasteiger partial charge in [0.05, 0.1) is 25.4 Å². The number of carbonyl (C=O) groups is 1. The van der Waals surface area contributed by atoms with Crippen LogP contribution in [0.2, 0.25) is 0 Å². The Labute approximate surface area is 109 Å². The van der Waals surface area contributed by atoms with Gasteiger partial charge in [-0.25, -0.2) is 0 Å². The highest BCUT2D eigenvalue weighted by Crippen LogP contribution is 2.08. The van der Waals surface area contributed by atoms with Gasteiger partial charge in [0, 0.05) is 20.2 Å². The lowest BCUT2D eigenvalue weighted by molar-refractivity contribution is -0.142. The second-order valence-corrected chi connectivity index (χ2v) is 4.13. The molecule has 2 atom stereocenters. The number of ether oxygens (including phenoxy) is 2. The molecule has 102 valence electrons. The summed E-state index contributed by atoms with van der Waals surface area (Å²) < 4.78 is 10.5. The molecule has 1 aliphatic heterocycles. The third kappa shape index (κ3) is 5.21. The Balaban J connectivity index is 0.00000256. The van der Waals surface area contributed by atoms with E-state index in [1.54, 1.807) is 12.0 Å². The van der Waals surface area contributed by atoms with Crippen molar-refractivity contribution in [2.75, 3.05) is 33.4 Å². The minimum atomic E-state index is -0.369. The van der Waals surface area contributed by atoms with E-state index in [1.807, 2.05) is 6.92 Å². The number of amides is 1. The lowest BCUT2D eigenvalue weighted by Gasteiger charge is -2.34. The Hall–Kier alpha value is -0.360. The lowest BCUT2D eigenvalue weighted by atomic mass is 10.1. The average molecular weight is 267 g/mol. The van der Waals surface area contributed by atoms with Crippen LogP contribution in [0.1, 0.15) is 19.8 Å². The highest BCUT2D eigenvalue weighted by molar-refractivity contribution is 5.85. The van der Waals surface area contributed by atoms with E-state index in [2.05, 4.69) is 0 Å². The Morgan fingerprint density at radius 3 is 2.94 bits per heavy atom. The molecule has 0 aliphatic carbocycles. The quantitative estimate of drug-likeness (QED) is 0.783. The normalized spacial score (nSPS) is 21.8. The van der Waals surface area contributed by atoms with Gasteiger partial charge in [-0.15, -0.1) is 12.4 Å². The fourth-order valence-corrected chi connectivity index (χ4v) is 1.88. The minimum absolute atomic E-state index is 0. The average Bonchev–Trinajstić information content (AvgIpc) is 2.29. The molecule has 2 N–H and O–H groups in total. The first-order chi connectivity index (χ1) is 7.69. The summed E-state index contributed by atoms with van der Waals surface area (Å²) >= 11 is 0. The van der Waals surface area contributed by atoms with Crippen LogP contribution < -0.4 is 5.73 Å². The lowest BCUT2D eigenvalue weighted by Crippen LogP contribution is -2.52. The SMILES string of the molecule is CCCC(N)C(=O)N1CCOC(COC)C1.Cl. The van der Waals surface area contributed by atoms with Crippen molar-refractivity contribution in [1.82, 2.24) is 4.90 Å². The topological polar surface area (TPSA) is 64.8 Å². The van der Waals surface area contributed by atoms with Gasteiger partial charge in [0.15, 0.2) is 0 Å². The van der Waals surface area contributed by atoms with Crippen LogP contribution in [0.3, 0.4) is 0 Å². The predicted octanol–water partition coefficient (Wildman–Crippen LogP) is 0.409. The van der Waals surface area contributed by atoms with Crippen LogP contribution in [0.15, 0.2) is 0 Å². The maximum atomic E-state index is 11.9. The van der Waals surface area contributed by atoms with Gasteiger partial charge in [0.25, 0.3) is 0 Å². The number of methoxy groups -OCH3 is 1. The Bertz CT molecular complexity index is 227. The van der Waals surface area contributed by atoms with E-state index < -0.39 is 0 Å². The molecular formula is C11H23ClN2O3. The molecule has 6 heteroatoms. The molecule has 5 nitrogen and oxygen atoms in total. The number of halogens is 1. The molecule has 1 fully saturated rings. The molecule has 1 amide bonds. The van der Waals surface area contributed by atoms with Gasteiger partial charge in [-0.3, -0.25) is 4.79 Å². The van der Waals surface area contributed by atoms with Crippen LogP contribution in [0.4, 0.5) is 0 Å². The van der Waals surface area contributed by atoms with Gasteiger partial charge in [-0.1, -0.05) is 13.3 Å². The molecule has 1 aliphatic rings. The van der Waals surface area contributed by atoms with Crippen LogP contribution in [-0.4, -0.2) is 56.4 Å². The highest BCUT2D eigenvalue weighted by atomic mass is 35.5. The molecule has 0 saturated carbocycles. The zero-order chi connectivity index (χ0) is 12.0. The van der Waals surface area contributed by atoms with E-state index >= 15 is 0 Å². The summed E-state index contributed by atoms with van der Waals surface area (Å²) in [7, 11) is 1.63. The molecule has 1 saturated heterocycles. The van der Waals surface area contributed by atoms with Crippen molar-refractivity contribution < 1.29 is 14.3 Å². The molecule has 0 radical (unpaired) electrons. The Morgan fingerprint density at radius 1 is 1.65 bits per heavy atom. The molecule has 0 bridgehead atoms. The third-order valence-corrected chi connectivity index (χ3v) is 2.72. The fraction of sp³-hybridized carbons (Fsp3) is 0.909. The first-order valence-corrected chi connectivity index (χ1v) is 5.84. The number of nitrogens with zero attached hydrogens (tertiary/aromatic N) is 1. The van der Waals surface area contributed by atoms with Gasteiger partial charge in [0.2, 0.25) is 5.91 Å². The number of hydrogen-bond acceptors (Lipinski definition) is 4. The third-order valence-electron chi connectivity index (χ3n) is 2.72. The number of morpholine rings is 1. The van der Waals surface area contributed by atoms with Gasteiger partial charge < -0.3 is 20.1 Å². The van der Waals surface area contributed by atoms with Crippen LogP contribution in [-0.2, 0) is 14.3 Å². The molecule has 17 heavy (non-hydrogen) atoms. The number of nitrogens with two attached hydrogens (primary N) is 1. The maximum absolute atomic E-state index is 11.9. The standard InChI is InChI=1S/C11H22N2O3.ClH/c1-3-4-10(12)11(14)13-5-6-16-9(7-13)8-15-2;/h9-10H,3-8,12H2,1-2H3;1H. The van der Waals surface area contributed by atoms with E-state index in [0.29, 0.717) is 26.3 Å². The van der Waals surface area contributed by atoms with Crippen LogP contribution >= 0.6 is 12.4 Å². The summed E-state index contributed by atoms with van der Waals surface area (Å²) in [6.45, 7) is 4.34. The summed E-state index contributed by atoms with van der Waals surface area (Å²) in [6, 6.07) is -0.369. The minimum Gasteiger partial charge on any atom is -0.382 e. The van der Waals surface area contributed by atoms with Gasteiger partial charge in [0.1, 0.15) is 0 Å². The monoisotopic (exact) mass is 266 g/mol. The van der Waals surface area contributed by atoms with E-state index in [4.69, 9.17) is 15.2 Å². The highest BCUT2D eigenvalue weighted by Gasteiger charge is 2.26. The second-order valence-electron chi connectivity index (χ2n) is 4.13. The predicted molar refractivity (Wildman–Crippen MR) is 68.3 cm³/mol. The van der Waals surface area contributed by atoms with E-state index in [0.717, 1.165) is 12.8 Å². The Morgan fingerprint density at radius 2 is 2.35 bits per heavy atom. The maximum Gasteiger partial charge on any atom is 0.239 e. The summed E-state index contributed by atoms with van der Waals surface area (Å²) in [6.07, 6.45) is 1.65. The Kier molecular flexibility index (Phi) is 8.51. The number of rotatable bonds is 5. The van der Waals surface area contributed by atoms with Crippen LogP contribution in [0.25, 0.3) is 0 Å². The van der Waals surface area contributed by atoms with E-state index in [1.165, 1.54) is 0 Å². The van der Waals surface area contributed by atoms with Crippen molar-refractivity contribution in [3.8, 4) is 0 Å².